The fraction of sp³-hybridized carbons (Fsp3) is 0.368. The van der Waals surface area contributed by atoms with Crippen LogP contribution in [0.1, 0.15) is 15.9 Å². The molecule has 0 fully saturated rings. The minimum Gasteiger partial charge on any atom is -0.668 e. The maximum absolute atomic E-state index is 13.3. The van der Waals surface area contributed by atoms with E-state index in [1.807, 2.05) is 0 Å². The van der Waals surface area contributed by atoms with Crippen LogP contribution in [0.25, 0.3) is 4.65 Å². The van der Waals surface area contributed by atoms with Gasteiger partial charge in [-0.3, -0.25) is 9.78 Å². The summed E-state index contributed by atoms with van der Waals surface area (Å²) in [6.45, 7) is 13.8. The Morgan fingerprint density at radius 2 is 1.48 bits per heavy atom. The number of benzene rings is 1. The predicted molar refractivity (Wildman–Crippen MR) is 109 cm³/mol. The molecular weight excluding hydrogens is 373 g/mol. The Bertz CT molecular complexity index is 718. The van der Waals surface area contributed by atoms with E-state index in [0.29, 0.717) is 5.56 Å². The van der Waals surface area contributed by atoms with Crippen LogP contribution in [0.5, 0.6) is 0 Å². The van der Waals surface area contributed by atoms with Crippen molar-refractivity contribution in [2.24, 2.45) is 0 Å². The maximum atomic E-state index is 13.3. The second-order valence-corrected chi connectivity index (χ2v) is 17.6. The van der Waals surface area contributed by atoms with Crippen LogP contribution in [-0.2, 0) is 6.42 Å². The van der Waals surface area contributed by atoms with E-state index in [0.717, 1.165) is 6.20 Å². The average molecular weight is 401 g/mol. The van der Waals surface area contributed by atoms with Gasteiger partial charge in [-0.2, -0.15) is 0 Å². The van der Waals surface area contributed by atoms with Gasteiger partial charge in [-0.1, -0.05) is 55.8 Å². The van der Waals surface area contributed by atoms with Crippen LogP contribution >= 0.6 is 0 Å². The molecule has 0 saturated carbocycles. The third-order valence-corrected chi connectivity index (χ3v) is 8.41. The molecule has 0 radical (unpaired) electrons. The first-order valence-electron chi connectivity index (χ1n) is 8.48. The monoisotopic (exact) mass is 400 g/mol. The summed E-state index contributed by atoms with van der Waals surface area (Å²) in [5, 5.41) is 0. The topological polar surface area (TPSA) is 44.1 Å². The summed E-state index contributed by atoms with van der Waals surface area (Å²) < 4.78 is 30.7. The Kier molecular flexibility index (Phi) is 10.6. The quantitative estimate of drug-likeness (QED) is 0.572. The van der Waals surface area contributed by atoms with Crippen molar-refractivity contribution >= 4 is 22.3 Å². The zero-order chi connectivity index (χ0) is 20.0. The number of rotatable bonds is 5. The number of hydrogen-bond acceptors (Lipinski definition) is 2. The van der Waals surface area contributed by atoms with E-state index in [1.165, 1.54) is 36.5 Å². The summed E-state index contributed by atoms with van der Waals surface area (Å²) in [5.41, 5.74) is 0.650. The van der Waals surface area contributed by atoms with Gasteiger partial charge in [-0.15, -0.1) is 0 Å². The number of carbonyl (C=O) groups excluding carboxylic acids is 1. The summed E-state index contributed by atoms with van der Waals surface area (Å²) in [4.78, 5) is 15.4. The van der Waals surface area contributed by atoms with Crippen molar-refractivity contribution in [3.63, 3.8) is 0 Å². The van der Waals surface area contributed by atoms with Gasteiger partial charge in [0.15, 0.2) is 5.78 Å². The van der Waals surface area contributed by atoms with E-state index in [1.54, 1.807) is 0 Å². The zero-order valence-corrected chi connectivity index (χ0v) is 19.3. The smallest absolute Gasteiger partial charge is 0.668 e. The van der Waals surface area contributed by atoms with Crippen LogP contribution in [0.3, 0.4) is 0 Å². The van der Waals surface area contributed by atoms with Gasteiger partial charge >= 0.3 is 18.9 Å². The van der Waals surface area contributed by atoms with Crippen molar-refractivity contribution in [1.29, 1.82) is 0 Å². The molecule has 0 atom stereocenters. The number of aromatic nitrogens is 1. The van der Waals surface area contributed by atoms with Crippen molar-refractivity contribution in [3.05, 3.63) is 70.1 Å². The molecule has 0 saturated heterocycles. The third-order valence-electron chi connectivity index (χ3n) is 3.04. The minimum absolute atomic E-state index is 0. The van der Waals surface area contributed by atoms with Crippen molar-refractivity contribution < 1.29 is 32.4 Å². The first kappa shape index (κ1) is 25.9. The normalized spacial score (nSPS) is 11.1. The second kappa shape index (κ2) is 11.0. The Morgan fingerprint density at radius 1 is 0.963 bits per heavy atom. The van der Waals surface area contributed by atoms with Gasteiger partial charge in [0, 0.05) is 18.2 Å². The van der Waals surface area contributed by atoms with E-state index in [2.05, 4.69) is 44.3 Å². The number of nitrogens with zero attached hydrogens (tertiary/aromatic N) is 2. The SMILES string of the molecule is C[Si](C)(C)[N-][Si](C)(C)C.O=C(Cc1ccncc1F)c1ccc(F)cc1.[Li+]. The molecule has 2 rings (SSSR count). The third kappa shape index (κ3) is 11.4. The minimum atomic E-state index is -1.11. The van der Waals surface area contributed by atoms with Crippen molar-refractivity contribution in [2.45, 2.75) is 45.7 Å². The Morgan fingerprint density at radius 3 is 1.89 bits per heavy atom. The maximum Gasteiger partial charge on any atom is 1.00 e. The number of ketones is 1. The van der Waals surface area contributed by atoms with E-state index >= 15 is 0 Å². The molecule has 3 nitrogen and oxygen atoms in total. The predicted octanol–water partition coefficient (Wildman–Crippen LogP) is 2.82. The van der Waals surface area contributed by atoms with Gasteiger partial charge in [-0.05, 0) is 35.9 Å². The van der Waals surface area contributed by atoms with Crippen LogP contribution in [0.2, 0.25) is 39.3 Å². The number of Topliss-reactive ketones (excluding diaryl/α,β-unsaturated/α-hetero) is 1. The molecule has 1 aromatic heterocycles. The van der Waals surface area contributed by atoms with Crippen molar-refractivity contribution in [3.8, 4) is 0 Å². The summed E-state index contributed by atoms with van der Waals surface area (Å²) in [7, 11) is -2.21. The van der Waals surface area contributed by atoms with Crippen LogP contribution in [-0.4, -0.2) is 27.2 Å². The molecule has 0 bridgehead atoms. The fourth-order valence-corrected chi connectivity index (χ4v) is 10.5. The molecule has 1 aromatic carbocycles. The van der Waals surface area contributed by atoms with Gasteiger partial charge in [0.05, 0.1) is 6.20 Å². The zero-order valence-electron chi connectivity index (χ0n) is 17.3. The second-order valence-electron chi connectivity index (χ2n) is 8.03. The molecule has 2 aromatic rings. The largest absolute Gasteiger partial charge is 1.00 e. The summed E-state index contributed by atoms with van der Waals surface area (Å²) in [6, 6.07) is 6.64. The number of halogens is 2. The van der Waals surface area contributed by atoms with Gasteiger partial charge in [0.25, 0.3) is 0 Å². The molecule has 0 aliphatic heterocycles. The van der Waals surface area contributed by atoms with Crippen LogP contribution in [0.4, 0.5) is 8.78 Å². The molecule has 0 unspecified atom stereocenters. The Hall–Kier alpha value is -1.11. The van der Waals surface area contributed by atoms with Crippen LogP contribution < -0.4 is 18.9 Å². The molecule has 1 heterocycles. The Balaban J connectivity index is 0.000000584. The summed E-state index contributed by atoms with van der Waals surface area (Å²) >= 11 is 0. The van der Waals surface area contributed by atoms with Gasteiger partial charge in [-0.25, -0.2) is 8.78 Å². The molecular formula is C19H27F2LiN2OSi2. The van der Waals surface area contributed by atoms with Gasteiger partial charge in [0.1, 0.15) is 11.6 Å². The Labute approximate surface area is 175 Å². The molecule has 142 valence electrons. The van der Waals surface area contributed by atoms with E-state index in [4.69, 9.17) is 4.65 Å². The fourth-order valence-electron chi connectivity index (χ4n) is 2.46. The van der Waals surface area contributed by atoms with Crippen LogP contribution in [0.15, 0.2) is 42.7 Å². The molecule has 0 N–H and O–H groups in total. The van der Waals surface area contributed by atoms with E-state index < -0.39 is 28.1 Å². The average Bonchev–Trinajstić information content (AvgIpc) is 2.47. The summed E-state index contributed by atoms with van der Waals surface area (Å²) in [6.07, 6.45) is 2.43. The van der Waals surface area contributed by atoms with Crippen molar-refractivity contribution in [2.75, 3.05) is 0 Å². The molecule has 8 heteroatoms. The number of hydrogen-bond donors (Lipinski definition) is 0. The standard InChI is InChI=1S/C13H9F2NO.C6H18NSi2.Li/c14-11-3-1-9(2-4-11)13(17)7-10-5-6-16-8-12(10)15;1-8(2,3)7-9(4,5)6;/h1-6,8H,7H2;1-6H3;/q;-1;+1. The molecule has 0 aliphatic rings. The van der Waals surface area contributed by atoms with E-state index in [9.17, 15) is 13.6 Å². The molecule has 0 amide bonds. The van der Waals surface area contributed by atoms with Gasteiger partial charge in [0.2, 0.25) is 0 Å². The van der Waals surface area contributed by atoms with Gasteiger partial charge < -0.3 is 4.65 Å². The first-order chi connectivity index (χ1) is 11.9. The first-order valence-corrected chi connectivity index (χ1v) is 15.4. The van der Waals surface area contributed by atoms with Crippen molar-refractivity contribution in [1.82, 2.24) is 4.98 Å². The number of pyridine rings is 1. The number of carbonyl (C=O) groups is 1. The molecule has 0 aliphatic carbocycles. The summed E-state index contributed by atoms with van der Waals surface area (Å²) in [5.74, 6) is -1.17. The van der Waals surface area contributed by atoms with Crippen LogP contribution in [0, 0.1) is 11.6 Å². The molecule has 27 heavy (non-hydrogen) atoms. The van der Waals surface area contributed by atoms with E-state index in [-0.39, 0.29) is 36.6 Å². The molecule has 0 spiro atoms.